The molecule has 0 aliphatic carbocycles. The van der Waals surface area contributed by atoms with Crippen molar-refractivity contribution >= 4 is 5.97 Å². The Kier molecular flexibility index (Phi) is 3.95. The molecule has 1 aromatic carbocycles. The highest BCUT2D eigenvalue weighted by Crippen LogP contribution is 2.34. The van der Waals surface area contributed by atoms with Crippen LogP contribution in [0.15, 0.2) is 24.3 Å². The highest BCUT2D eigenvalue weighted by Gasteiger charge is 2.31. The van der Waals surface area contributed by atoms with Crippen molar-refractivity contribution in [2.24, 2.45) is 11.3 Å². The molecule has 1 heterocycles. The highest BCUT2D eigenvalue weighted by molar-refractivity contribution is 5.89. The van der Waals surface area contributed by atoms with Crippen molar-refractivity contribution in [3.63, 3.8) is 0 Å². The van der Waals surface area contributed by atoms with Crippen LogP contribution in [0.3, 0.4) is 0 Å². The summed E-state index contributed by atoms with van der Waals surface area (Å²) in [7, 11) is 0. The molecule has 3 heteroatoms. The molecule has 1 N–H and O–H groups in total. The van der Waals surface area contributed by atoms with Crippen LogP contribution in [-0.4, -0.2) is 29.1 Å². The Morgan fingerprint density at radius 3 is 2.63 bits per heavy atom. The second-order valence-corrected chi connectivity index (χ2v) is 6.55. The third-order valence-corrected chi connectivity index (χ3v) is 4.14. The monoisotopic (exact) mass is 261 g/mol. The first-order valence-corrected chi connectivity index (χ1v) is 6.91. The van der Waals surface area contributed by atoms with E-state index in [9.17, 15) is 9.90 Å². The summed E-state index contributed by atoms with van der Waals surface area (Å²) in [6.07, 6.45) is 1.21. The molecule has 0 radical (unpaired) electrons. The van der Waals surface area contributed by atoms with Gasteiger partial charge in [-0.15, -0.1) is 0 Å². The predicted octanol–water partition coefficient (Wildman–Crippen LogP) is 3.25. The van der Waals surface area contributed by atoms with E-state index in [1.54, 1.807) is 12.1 Å². The summed E-state index contributed by atoms with van der Waals surface area (Å²) in [4.78, 5) is 13.6. The number of hydrogen-bond donors (Lipinski definition) is 1. The van der Waals surface area contributed by atoms with Gasteiger partial charge in [-0.05, 0) is 35.9 Å². The normalized spacial score (nSPS) is 20.7. The lowest BCUT2D eigenvalue weighted by molar-refractivity contribution is 0.0694. The maximum absolute atomic E-state index is 11.2. The number of aromatic carboxylic acids is 1. The summed E-state index contributed by atoms with van der Waals surface area (Å²) >= 11 is 0. The summed E-state index contributed by atoms with van der Waals surface area (Å²) < 4.78 is 0. The van der Waals surface area contributed by atoms with Crippen molar-refractivity contribution in [1.82, 2.24) is 4.90 Å². The Labute approximate surface area is 115 Å². The van der Waals surface area contributed by atoms with Gasteiger partial charge in [0.25, 0.3) is 0 Å². The van der Waals surface area contributed by atoms with Crippen molar-refractivity contribution in [3.8, 4) is 0 Å². The van der Waals surface area contributed by atoms with E-state index in [1.165, 1.54) is 6.42 Å². The molecule has 0 aromatic heterocycles. The van der Waals surface area contributed by atoms with E-state index in [1.807, 2.05) is 12.1 Å². The Morgan fingerprint density at radius 1 is 1.37 bits per heavy atom. The second-order valence-electron chi connectivity index (χ2n) is 6.55. The average molecular weight is 261 g/mol. The fourth-order valence-corrected chi connectivity index (χ4v) is 2.79. The second kappa shape index (κ2) is 5.33. The zero-order valence-electron chi connectivity index (χ0n) is 12.0. The lowest BCUT2D eigenvalue weighted by atomic mass is 9.80. The molecule has 3 nitrogen and oxygen atoms in total. The van der Waals surface area contributed by atoms with Gasteiger partial charge in [-0.25, -0.2) is 4.79 Å². The van der Waals surface area contributed by atoms with Gasteiger partial charge >= 0.3 is 5.97 Å². The van der Waals surface area contributed by atoms with Gasteiger partial charge in [0.1, 0.15) is 0 Å². The van der Waals surface area contributed by atoms with Gasteiger partial charge in [0.2, 0.25) is 0 Å². The zero-order valence-corrected chi connectivity index (χ0v) is 12.0. The van der Waals surface area contributed by atoms with Crippen molar-refractivity contribution in [1.29, 1.82) is 0 Å². The number of benzene rings is 1. The van der Waals surface area contributed by atoms with Crippen LogP contribution in [0.4, 0.5) is 0 Å². The summed E-state index contributed by atoms with van der Waals surface area (Å²) in [6, 6.07) is 7.32. The molecule has 1 aromatic rings. The predicted molar refractivity (Wildman–Crippen MR) is 76.2 cm³/mol. The minimum atomic E-state index is -0.831. The Bertz CT molecular complexity index is 462. The largest absolute Gasteiger partial charge is 0.478 e. The van der Waals surface area contributed by atoms with Gasteiger partial charge < -0.3 is 5.11 Å². The molecular weight excluding hydrogens is 238 g/mol. The van der Waals surface area contributed by atoms with Crippen LogP contribution in [-0.2, 0) is 6.54 Å². The molecule has 0 bridgehead atoms. The fourth-order valence-electron chi connectivity index (χ4n) is 2.79. The number of carboxylic acid groups (broad SMARTS) is 1. The zero-order chi connectivity index (χ0) is 14.0. The van der Waals surface area contributed by atoms with Gasteiger partial charge in [0.05, 0.1) is 5.56 Å². The summed E-state index contributed by atoms with van der Waals surface area (Å²) in [6.45, 7) is 9.73. The molecule has 0 saturated carbocycles. The number of carboxylic acids is 1. The molecular formula is C16H23NO2. The summed E-state index contributed by atoms with van der Waals surface area (Å²) in [5.74, 6) is -0.133. The molecule has 104 valence electrons. The van der Waals surface area contributed by atoms with E-state index >= 15 is 0 Å². The van der Waals surface area contributed by atoms with E-state index in [4.69, 9.17) is 0 Å². The lowest BCUT2D eigenvalue weighted by Gasteiger charge is -2.27. The molecule has 1 atom stereocenters. The number of hydrogen-bond acceptors (Lipinski definition) is 2. The maximum Gasteiger partial charge on any atom is 0.336 e. The number of carbonyl (C=O) groups is 1. The van der Waals surface area contributed by atoms with Crippen LogP contribution >= 0.6 is 0 Å². The first-order valence-electron chi connectivity index (χ1n) is 6.91. The van der Waals surface area contributed by atoms with E-state index in [-0.39, 0.29) is 0 Å². The molecule has 19 heavy (non-hydrogen) atoms. The Balaban J connectivity index is 2.06. The maximum atomic E-state index is 11.2. The van der Waals surface area contributed by atoms with Crippen LogP contribution in [0.5, 0.6) is 0 Å². The summed E-state index contributed by atoms with van der Waals surface area (Å²) in [5, 5.41) is 9.20. The molecule has 1 aliphatic rings. The quantitative estimate of drug-likeness (QED) is 0.908. The first kappa shape index (κ1) is 14.1. The van der Waals surface area contributed by atoms with Gasteiger partial charge in [-0.1, -0.05) is 39.0 Å². The van der Waals surface area contributed by atoms with Gasteiger partial charge in [0.15, 0.2) is 0 Å². The topological polar surface area (TPSA) is 40.5 Å². The average Bonchev–Trinajstić information content (AvgIpc) is 2.77. The minimum absolute atomic E-state index is 0.334. The van der Waals surface area contributed by atoms with Crippen LogP contribution in [0, 0.1) is 11.3 Å². The lowest BCUT2D eigenvalue weighted by Crippen LogP contribution is -2.26. The number of likely N-dealkylation sites (tertiary alicyclic amines) is 1. The van der Waals surface area contributed by atoms with E-state index in [0.29, 0.717) is 16.9 Å². The molecule has 1 fully saturated rings. The van der Waals surface area contributed by atoms with Crippen molar-refractivity contribution in [2.75, 3.05) is 13.1 Å². The van der Waals surface area contributed by atoms with E-state index in [0.717, 1.165) is 25.2 Å². The van der Waals surface area contributed by atoms with Gasteiger partial charge in [-0.3, -0.25) is 4.90 Å². The van der Waals surface area contributed by atoms with Crippen LogP contribution in [0.1, 0.15) is 43.1 Å². The SMILES string of the molecule is CC(C)(C)C1CCN(Cc2ccccc2C(=O)O)C1. The Morgan fingerprint density at radius 2 is 2.05 bits per heavy atom. The Hall–Kier alpha value is -1.35. The number of nitrogens with zero attached hydrogens (tertiary/aromatic N) is 1. The smallest absolute Gasteiger partial charge is 0.336 e. The molecule has 1 saturated heterocycles. The van der Waals surface area contributed by atoms with Crippen LogP contribution in [0.2, 0.25) is 0 Å². The third-order valence-electron chi connectivity index (χ3n) is 4.14. The van der Waals surface area contributed by atoms with Crippen molar-refractivity contribution in [2.45, 2.75) is 33.7 Å². The molecule has 0 amide bonds. The van der Waals surface area contributed by atoms with Crippen molar-refractivity contribution < 1.29 is 9.90 Å². The highest BCUT2D eigenvalue weighted by atomic mass is 16.4. The van der Waals surface area contributed by atoms with Crippen LogP contribution < -0.4 is 0 Å². The standard InChI is InChI=1S/C16H23NO2/c1-16(2,3)13-8-9-17(11-13)10-12-6-4-5-7-14(12)15(18)19/h4-7,13H,8-11H2,1-3H3,(H,18,19). The van der Waals surface area contributed by atoms with E-state index in [2.05, 4.69) is 25.7 Å². The van der Waals surface area contributed by atoms with Crippen molar-refractivity contribution in [3.05, 3.63) is 35.4 Å². The minimum Gasteiger partial charge on any atom is -0.478 e. The third kappa shape index (κ3) is 3.35. The van der Waals surface area contributed by atoms with Crippen LogP contribution in [0.25, 0.3) is 0 Å². The summed E-state index contributed by atoms with van der Waals surface area (Å²) in [5.41, 5.74) is 1.69. The molecule has 2 rings (SSSR count). The first-order chi connectivity index (χ1) is 8.88. The number of rotatable bonds is 3. The van der Waals surface area contributed by atoms with Gasteiger partial charge in [-0.2, -0.15) is 0 Å². The fraction of sp³-hybridized carbons (Fsp3) is 0.562. The molecule has 1 unspecified atom stereocenters. The molecule has 0 spiro atoms. The molecule has 1 aliphatic heterocycles. The van der Waals surface area contributed by atoms with E-state index < -0.39 is 5.97 Å². The van der Waals surface area contributed by atoms with Gasteiger partial charge in [0, 0.05) is 13.1 Å².